The molecule has 0 aromatic heterocycles. The molecular weight excluding hydrogens is 316 g/mol. The number of alkyl halides is 1. The van der Waals surface area contributed by atoms with Crippen molar-refractivity contribution in [2.24, 2.45) is 5.92 Å². The van der Waals surface area contributed by atoms with Gasteiger partial charge in [-0.05, 0) is 37.2 Å². The molecule has 0 aliphatic heterocycles. The third-order valence-corrected chi connectivity index (χ3v) is 4.32. The van der Waals surface area contributed by atoms with Crippen LogP contribution in [0.3, 0.4) is 0 Å². The summed E-state index contributed by atoms with van der Waals surface area (Å²) in [6, 6.07) is 9.81. The lowest BCUT2D eigenvalue weighted by Gasteiger charge is -2.28. The minimum atomic E-state index is -0.383. The monoisotopic (exact) mass is 338 g/mol. The second-order valence-electron chi connectivity index (χ2n) is 5.86. The largest absolute Gasteiger partial charge is 0.445 e. The molecule has 0 heterocycles. The van der Waals surface area contributed by atoms with Gasteiger partial charge in [-0.25, -0.2) is 4.79 Å². The maximum Gasteiger partial charge on any atom is 0.407 e. The van der Waals surface area contributed by atoms with Crippen molar-refractivity contribution in [3.8, 4) is 0 Å². The molecule has 0 unspecified atom stereocenters. The van der Waals surface area contributed by atoms with Gasteiger partial charge in [0.25, 0.3) is 0 Å². The highest BCUT2D eigenvalue weighted by molar-refractivity contribution is 6.27. The number of halogens is 1. The summed E-state index contributed by atoms with van der Waals surface area (Å²) in [5, 5.41) is 5.73. The zero-order valence-electron chi connectivity index (χ0n) is 13.1. The van der Waals surface area contributed by atoms with Gasteiger partial charge in [0.15, 0.2) is 0 Å². The maximum atomic E-state index is 11.7. The van der Waals surface area contributed by atoms with Gasteiger partial charge in [-0.15, -0.1) is 11.6 Å². The zero-order valence-corrected chi connectivity index (χ0v) is 13.8. The van der Waals surface area contributed by atoms with Crippen LogP contribution < -0.4 is 10.6 Å². The molecule has 0 radical (unpaired) electrons. The van der Waals surface area contributed by atoms with Gasteiger partial charge in [0, 0.05) is 12.6 Å². The summed E-state index contributed by atoms with van der Waals surface area (Å²) in [7, 11) is 0. The number of amides is 2. The van der Waals surface area contributed by atoms with Crippen molar-refractivity contribution in [1.82, 2.24) is 10.6 Å². The number of hydrogen-bond acceptors (Lipinski definition) is 3. The quantitative estimate of drug-likeness (QED) is 0.784. The van der Waals surface area contributed by atoms with E-state index in [4.69, 9.17) is 16.3 Å². The van der Waals surface area contributed by atoms with Crippen molar-refractivity contribution in [3.05, 3.63) is 35.9 Å². The van der Waals surface area contributed by atoms with Crippen LogP contribution in [0.4, 0.5) is 4.79 Å². The number of carbonyl (C=O) groups is 2. The van der Waals surface area contributed by atoms with Gasteiger partial charge in [-0.3, -0.25) is 4.79 Å². The Kier molecular flexibility index (Phi) is 7.20. The number of nitrogens with one attached hydrogen (secondary N) is 2. The molecule has 1 saturated carbocycles. The fourth-order valence-corrected chi connectivity index (χ4v) is 2.86. The van der Waals surface area contributed by atoms with E-state index < -0.39 is 0 Å². The van der Waals surface area contributed by atoms with Crippen LogP contribution in [-0.4, -0.2) is 30.5 Å². The van der Waals surface area contributed by atoms with Crippen LogP contribution >= 0.6 is 11.6 Å². The molecule has 5 nitrogen and oxygen atoms in total. The minimum absolute atomic E-state index is 0.00867. The lowest BCUT2D eigenvalue weighted by Crippen LogP contribution is -2.40. The van der Waals surface area contributed by atoms with Crippen molar-refractivity contribution in [3.63, 3.8) is 0 Å². The molecule has 2 N–H and O–H groups in total. The van der Waals surface area contributed by atoms with Crippen molar-refractivity contribution >= 4 is 23.6 Å². The predicted molar refractivity (Wildman–Crippen MR) is 89.2 cm³/mol. The fraction of sp³-hybridized carbons (Fsp3) is 0.529. The molecule has 2 amide bonds. The molecule has 0 spiro atoms. The van der Waals surface area contributed by atoms with E-state index in [0.29, 0.717) is 12.5 Å². The average Bonchev–Trinajstić information content (AvgIpc) is 2.60. The summed E-state index contributed by atoms with van der Waals surface area (Å²) in [6.45, 7) is 0.896. The van der Waals surface area contributed by atoms with Crippen molar-refractivity contribution in [1.29, 1.82) is 0 Å². The van der Waals surface area contributed by atoms with E-state index in [1.807, 2.05) is 30.3 Å². The Balaban J connectivity index is 1.59. The first-order valence-corrected chi connectivity index (χ1v) is 8.50. The predicted octanol–water partition coefficient (Wildman–Crippen LogP) is 2.83. The normalized spacial score (nSPS) is 20.6. The molecule has 1 fully saturated rings. The highest BCUT2D eigenvalue weighted by Gasteiger charge is 2.22. The van der Waals surface area contributed by atoms with E-state index in [2.05, 4.69) is 10.6 Å². The van der Waals surface area contributed by atoms with E-state index in [-0.39, 0.29) is 30.5 Å². The average molecular weight is 339 g/mol. The van der Waals surface area contributed by atoms with E-state index in [1.54, 1.807) is 0 Å². The van der Waals surface area contributed by atoms with Crippen LogP contribution in [0.25, 0.3) is 0 Å². The lowest BCUT2D eigenvalue weighted by atomic mass is 9.86. The maximum absolute atomic E-state index is 11.7. The molecule has 2 rings (SSSR count). The Morgan fingerprint density at radius 2 is 1.83 bits per heavy atom. The molecule has 1 aliphatic carbocycles. The fourth-order valence-electron chi connectivity index (χ4n) is 2.78. The highest BCUT2D eigenvalue weighted by Crippen LogP contribution is 2.23. The Hall–Kier alpha value is -1.75. The molecule has 1 aromatic rings. The second-order valence-corrected chi connectivity index (χ2v) is 6.13. The Morgan fingerprint density at radius 1 is 1.13 bits per heavy atom. The number of carbonyl (C=O) groups excluding carboxylic acids is 2. The van der Waals surface area contributed by atoms with Crippen molar-refractivity contribution < 1.29 is 14.3 Å². The summed E-state index contributed by atoms with van der Waals surface area (Å²) in [4.78, 5) is 23.0. The lowest BCUT2D eigenvalue weighted by molar-refractivity contribution is -0.119. The van der Waals surface area contributed by atoms with Gasteiger partial charge in [0.2, 0.25) is 5.91 Å². The molecular formula is C17H23ClN2O3. The van der Waals surface area contributed by atoms with Crippen LogP contribution in [-0.2, 0) is 16.1 Å². The van der Waals surface area contributed by atoms with Gasteiger partial charge >= 0.3 is 6.09 Å². The summed E-state index contributed by atoms with van der Waals surface area (Å²) in [5.74, 6) is 0.329. The summed E-state index contributed by atoms with van der Waals surface area (Å²) in [5.41, 5.74) is 0.971. The number of ether oxygens (including phenoxy) is 1. The molecule has 0 bridgehead atoms. The molecule has 6 heteroatoms. The number of hydrogen-bond donors (Lipinski definition) is 2. The van der Waals surface area contributed by atoms with Crippen LogP contribution in [0, 0.1) is 5.92 Å². The molecule has 0 atom stereocenters. The molecule has 23 heavy (non-hydrogen) atoms. The highest BCUT2D eigenvalue weighted by atomic mass is 35.5. The van der Waals surface area contributed by atoms with Crippen molar-refractivity contribution in [2.75, 3.05) is 12.4 Å². The SMILES string of the molecule is O=C(CCl)NC1CCC(CNC(=O)OCc2ccccc2)CC1. The van der Waals surface area contributed by atoms with Gasteiger partial charge in [-0.2, -0.15) is 0 Å². The third kappa shape index (κ3) is 6.48. The number of alkyl carbamates (subject to hydrolysis) is 1. The van der Waals surface area contributed by atoms with Crippen molar-refractivity contribution in [2.45, 2.75) is 38.3 Å². The minimum Gasteiger partial charge on any atom is -0.445 e. The molecule has 0 saturated heterocycles. The summed E-state index contributed by atoms with van der Waals surface area (Å²) >= 11 is 5.49. The number of rotatable bonds is 6. The number of benzene rings is 1. The summed E-state index contributed by atoms with van der Waals surface area (Å²) in [6.07, 6.45) is 3.42. The Morgan fingerprint density at radius 3 is 2.48 bits per heavy atom. The summed E-state index contributed by atoms with van der Waals surface area (Å²) < 4.78 is 5.19. The smallest absolute Gasteiger partial charge is 0.407 e. The first-order chi connectivity index (χ1) is 11.2. The Bertz CT molecular complexity index is 502. The van der Waals surface area contributed by atoms with Crippen LogP contribution in [0.5, 0.6) is 0 Å². The van der Waals surface area contributed by atoms with E-state index in [0.717, 1.165) is 31.2 Å². The van der Waals surface area contributed by atoms with Crippen LogP contribution in [0.15, 0.2) is 30.3 Å². The van der Waals surface area contributed by atoms with Crippen LogP contribution in [0.1, 0.15) is 31.2 Å². The van der Waals surface area contributed by atoms with E-state index in [1.165, 1.54) is 0 Å². The topological polar surface area (TPSA) is 67.4 Å². The van der Waals surface area contributed by atoms with Gasteiger partial charge in [0.05, 0.1) is 0 Å². The first-order valence-electron chi connectivity index (χ1n) is 7.97. The third-order valence-electron chi connectivity index (χ3n) is 4.08. The standard InChI is InChI=1S/C17H23ClN2O3/c18-10-16(21)20-15-8-6-13(7-9-15)11-19-17(22)23-12-14-4-2-1-3-5-14/h1-5,13,15H,6-12H2,(H,19,22)(H,20,21). The first kappa shape index (κ1) is 17.6. The van der Waals surface area contributed by atoms with Gasteiger partial charge < -0.3 is 15.4 Å². The van der Waals surface area contributed by atoms with Gasteiger partial charge in [0.1, 0.15) is 12.5 Å². The Labute approximate surface area is 141 Å². The van der Waals surface area contributed by atoms with E-state index >= 15 is 0 Å². The zero-order chi connectivity index (χ0) is 16.5. The van der Waals surface area contributed by atoms with E-state index in [9.17, 15) is 9.59 Å². The molecule has 126 valence electrons. The molecule has 1 aliphatic rings. The molecule has 1 aromatic carbocycles. The van der Waals surface area contributed by atoms with Gasteiger partial charge in [-0.1, -0.05) is 30.3 Å². The second kappa shape index (κ2) is 9.40. The van der Waals surface area contributed by atoms with Crippen LogP contribution in [0.2, 0.25) is 0 Å².